The van der Waals surface area contributed by atoms with E-state index < -0.39 is 5.97 Å². The molecule has 188 valence electrons. The van der Waals surface area contributed by atoms with Gasteiger partial charge in [0, 0.05) is 32.8 Å². The number of benzene rings is 1. The minimum Gasteiger partial charge on any atom is -0.462 e. The lowest BCUT2D eigenvalue weighted by Gasteiger charge is -2.10. The van der Waals surface area contributed by atoms with Crippen LogP contribution in [-0.4, -0.2) is 39.0 Å². The summed E-state index contributed by atoms with van der Waals surface area (Å²) in [7, 11) is 0. The molecule has 3 heterocycles. The zero-order valence-electron chi connectivity index (χ0n) is 20.9. The Morgan fingerprint density at radius 2 is 1.86 bits per heavy atom. The molecule has 0 spiro atoms. The number of anilines is 1. The number of esters is 1. The highest BCUT2D eigenvalue weighted by Crippen LogP contribution is 2.39. The number of nitrogens with zero attached hydrogens (tertiary/aromatic N) is 3. The van der Waals surface area contributed by atoms with Crippen LogP contribution >= 0.6 is 34.4 Å². The predicted molar refractivity (Wildman–Crippen MR) is 148 cm³/mol. The molecule has 10 heteroatoms. The van der Waals surface area contributed by atoms with Crippen LogP contribution in [0.3, 0.4) is 0 Å². The Bertz CT molecular complexity index is 1390. The van der Waals surface area contributed by atoms with Crippen molar-refractivity contribution in [3.8, 4) is 22.5 Å². The van der Waals surface area contributed by atoms with Gasteiger partial charge in [-0.3, -0.25) is 4.79 Å². The Morgan fingerprint density at radius 3 is 2.56 bits per heavy atom. The minimum absolute atomic E-state index is 0.144. The number of nitrogens with one attached hydrogen (secondary N) is 1. The second-order valence-corrected chi connectivity index (χ2v) is 11.4. The fourth-order valence-corrected chi connectivity index (χ4v) is 6.42. The SMILES string of the molecule is CCOC(=O)c1cc(C)sc1NC(=O)CSc1nnc(-c2csc(C)c2-c2ccc(C)cc2)n1CC. The van der Waals surface area contributed by atoms with Crippen molar-refractivity contribution in [2.45, 2.75) is 46.3 Å². The lowest BCUT2D eigenvalue weighted by Crippen LogP contribution is -2.16. The van der Waals surface area contributed by atoms with Crippen molar-refractivity contribution in [2.75, 3.05) is 17.7 Å². The summed E-state index contributed by atoms with van der Waals surface area (Å²) in [5.41, 5.74) is 4.95. The van der Waals surface area contributed by atoms with Gasteiger partial charge in [0.05, 0.1) is 17.9 Å². The summed E-state index contributed by atoms with van der Waals surface area (Å²) in [4.78, 5) is 27.1. The number of amides is 1. The van der Waals surface area contributed by atoms with Gasteiger partial charge in [0.1, 0.15) is 5.00 Å². The largest absolute Gasteiger partial charge is 0.462 e. The van der Waals surface area contributed by atoms with E-state index in [4.69, 9.17) is 4.74 Å². The number of hydrogen-bond acceptors (Lipinski definition) is 8. The summed E-state index contributed by atoms with van der Waals surface area (Å²) in [6.07, 6.45) is 0. The number of thiophene rings is 2. The maximum absolute atomic E-state index is 12.7. The average Bonchev–Trinajstić information content (AvgIpc) is 3.54. The molecule has 1 aromatic carbocycles. The van der Waals surface area contributed by atoms with E-state index in [0.29, 0.717) is 22.3 Å². The molecule has 1 N–H and O–H groups in total. The number of ether oxygens (including phenoxy) is 1. The molecule has 1 amide bonds. The van der Waals surface area contributed by atoms with Crippen molar-refractivity contribution in [3.63, 3.8) is 0 Å². The smallest absolute Gasteiger partial charge is 0.341 e. The molecule has 0 radical (unpaired) electrons. The van der Waals surface area contributed by atoms with Gasteiger partial charge in [-0.15, -0.1) is 32.9 Å². The van der Waals surface area contributed by atoms with Gasteiger partial charge in [-0.25, -0.2) is 4.79 Å². The van der Waals surface area contributed by atoms with Gasteiger partial charge in [0.15, 0.2) is 11.0 Å². The van der Waals surface area contributed by atoms with E-state index in [1.165, 1.54) is 33.5 Å². The van der Waals surface area contributed by atoms with Crippen LogP contribution < -0.4 is 5.32 Å². The molecule has 0 fully saturated rings. The topological polar surface area (TPSA) is 86.1 Å². The fraction of sp³-hybridized carbons (Fsp3) is 0.308. The van der Waals surface area contributed by atoms with E-state index in [1.807, 2.05) is 18.4 Å². The zero-order chi connectivity index (χ0) is 25.8. The first-order valence-electron chi connectivity index (χ1n) is 11.6. The number of carbonyl (C=O) groups excluding carboxylic acids is 2. The number of carbonyl (C=O) groups is 2. The third-order valence-electron chi connectivity index (χ3n) is 5.53. The molecule has 4 aromatic rings. The zero-order valence-corrected chi connectivity index (χ0v) is 23.3. The Kier molecular flexibility index (Phi) is 8.28. The van der Waals surface area contributed by atoms with E-state index in [2.05, 4.69) is 59.0 Å². The van der Waals surface area contributed by atoms with Crippen LogP contribution in [0.1, 0.15) is 39.5 Å². The van der Waals surface area contributed by atoms with E-state index in [0.717, 1.165) is 27.4 Å². The van der Waals surface area contributed by atoms with Gasteiger partial charge in [0.2, 0.25) is 5.91 Å². The summed E-state index contributed by atoms with van der Waals surface area (Å²) in [6.45, 7) is 10.8. The van der Waals surface area contributed by atoms with Crippen LogP contribution in [0, 0.1) is 20.8 Å². The standard InChI is InChI=1S/C26H28N4O3S3/c1-6-30-23(20-13-34-17(5)22(20)18-10-8-15(3)9-11-18)28-29-26(30)35-14-21(31)27-24-19(12-16(4)36-24)25(32)33-7-2/h8-13H,6-7,14H2,1-5H3,(H,27,31). The second kappa shape index (κ2) is 11.4. The molecule has 7 nitrogen and oxygen atoms in total. The lowest BCUT2D eigenvalue weighted by molar-refractivity contribution is -0.113. The molecule has 0 aliphatic rings. The Morgan fingerprint density at radius 1 is 1.11 bits per heavy atom. The van der Waals surface area contributed by atoms with Gasteiger partial charge in [-0.1, -0.05) is 41.6 Å². The molecule has 4 rings (SSSR count). The van der Waals surface area contributed by atoms with Crippen LogP contribution in [0.4, 0.5) is 5.00 Å². The third-order valence-corrected chi connectivity index (χ3v) is 8.37. The van der Waals surface area contributed by atoms with Crippen molar-refractivity contribution >= 4 is 51.3 Å². The molecule has 3 aromatic heterocycles. The molecule has 0 aliphatic carbocycles. The highest BCUT2D eigenvalue weighted by Gasteiger charge is 2.22. The van der Waals surface area contributed by atoms with Crippen molar-refractivity contribution in [1.29, 1.82) is 0 Å². The summed E-state index contributed by atoms with van der Waals surface area (Å²) in [5, 5.41) is 15.1. The summed E-state index contributed by atoms with van der Waals surface area (Å²) in [6, 6.07) is 10.2. The molecule has 0 aliphatic heterocycles. The Balaban J connectivity index is 1.52. The normalized spacial score (nSPS) is 11.0. The Hall–Kier alpha value is -2.95. The first-order chi connectivity index (χ1) is 17.3. The maximum atomic E-state index is 12.7. The summed E-state index contributed by atoms with van der Waals surface area (Å²) >= 11 is 4.37. The van der Waals surface area contributed by atoms with E-state index >= 15 is 0 Å². The highest BCUT2D eigenvalue weighted by molar-refractivity contribution is 7.99. The van der Waals surface area contributed by atoms with Gasteiger partial charge >= 0.3 is 5.97 Å². The van der Waals surface area contributed by atoms with E-state index in [1.54, 1.807) is 24.3 Å². The van der Waals surface area contributed by atoms with Crippen LogP contribution in [0.15, 0.2) is 40.9 Å². The van der Waals surface area contributed by atoms with Gasteiger partial charge in [-0.2, -0.15) is 0 Å². The Labute approximate surface area is 222 Å². The highest BCUT2D eigenvalue weighted by atomic mass is 32.2. The van der Waals surface area contributed by atoms with E-state index in [-0.39, 0.29) is 18.3 Å². The van der Waals surface area contributed by atoms with Crippen LogP contribution in [0.5, 0.6) is 0 Å². The molecular weight excluding hydrogens is 513 g/mol. The van der Waals surface area contributed by atoms with Gasteiger partial charge < -0.3 is 14.6 Å². The second-order valence-electron chi connectivity index (χ2n) is 8.15. The fourth-order valence-electron chi connectivity index (χ4n) is 3.84. The molecule has 0 bridgehead atoms. The molecule has 0 saturated heterocycles. The molecule has 0 saturated carbocycles. The summed E-state index contributed by atoms with van der Waals surface area (Å²) < 4.78 is 7.15. The molecule has 36 heavy (non-hydrogen) atoms. The van der Waals surface area contributed by atoms with Crippen molar-refractivity contribution in [3.05, 3.63) is 56.6 Å². The molecule has 0 unspecified atom stereocenters. The lowest BCUT2D eigenvalue weighted by atomic mass is 10.0. The van der Waals surface area contributed by atoms with Crippen molar-refractivity contribution < 1.29 is 14.3 Å². The molecule has 0 atom stereocenters. The monoisotopic (exact) mass is 540 g/mol. The van der Waals surface area contributed by atoms with Crippen LogP contribution in [0.25, 0.3) is 22.5 Å². The number of aryl methyl sites for hydroxylation is 3. The number of aromatic nitrogens is 3. The minimum atomic E-state index is -0.435. The van der Waals surface area contributed by atoms with Crippen molar-refractivity contribution in [2.24, 2.45) is 0 Å². The van der Waals surface area contributed by atoms with Gasteiger partial charge in [-0.05, 0) is 46.2 Å². The maximum Gasteiger partial charge on any atom is 0.341 e. The number of hydrogen-bond donors (Lipinski definition) is 1. The predicted octanol–water partition coefficient (Wildman–Crippen LogP) is 6.59. The average molecular weight is 541 g/mol. The quantitative estimate of drug-likeness (QED) is 0.190. The third kappa shape index (κ3) is 5.55. The van der Waals surface area contributed by atoms with E-state index in [9.17, 15) is 9.59 Å². The van der Waals surface area contributed by atoms with Gasteiger partial charge in [0.25, 0.3) is 0 Å². The van der Waals surface area contributed by atoms with Crippen LogP contribution in [-0.2, 0) is 16.1 Å². The number of rotatable bonds is 9. The molecular formula is C26H28N4O3S3. The van der Waals surface area contributed by atoms with Crippen molar-refractivity contribution in [1.82, 2.24) is 14.8 Å². The summed E-state index contributed by atoms with van der Waals surface area (Å²) in [5.74, 6) is 0.283. The number of thioether (sulfide) groups is 1. The first-order valence-corrected chi connectivity index (χ1v) is 14.3. The van der Waals surface area contributed by atoms with Crippen LogP contribution in [0.2, 0.25) is 0 Å². The first kappa shape index (κ1) is 26.1.